The lowest BCUT2D eigenvalue weighted by Gasteiger charge is -2.34. The van der Waals surface area contributed by atoms with Gasteiger partial charge in [-0.1, -0.05) is 18.5 Å². The summed E-state index contributed by atoms with van der Waals surface area (Å²) < 4.78 is 7.34. The van der Waals surface area contributed by atoms with Crippen LogP contribution in [-0.2, 0) is 4.79 Å². The zero-order valence-electron chi connectivity index (χ0n) is 20.5. The lowest BCUT2D eigenvalue weighted by Crippen LogP contribution is -2.46. The van der Waals surface area contributed by atoms with Crippen LogP contribution in [0.25, 0.3) is 10.9 Å². The molecule has 1 amide bonds. The van der Waals surface area contributed by atoms with E-state index in [4.69, 9.17) is 21.3 Å². The second-order valence-electron chi connectivity index (χ2n) is 9.06. The van der Waals surface area contributed by atoms with Gasteiger partial charge in [-0.15, -0.1) is 0 Å². The molecule has 2 N–H and O–H groups in total. The lowest BCUT2D eigenvalue weighted by molar-refractivity contribution is -0.122. The fourth-order valence-electron chi connectivity index (χ4n) is 4.41. The second kappa shape index (κ2) is 10.3. The van der Waals surface area contributed by atoms with Crippen LogP contribution in [-0.4, -0.2) is 71.7 Å². The summed E-state index contributed by atoms with van der Waals surface area (Å²) >= 11 is 6.44. The average Bonchev–Trinajstić information content (AvgIpc) is 3.74. The number of anilines is 3. The maximum atomic E-state index is 13.1. The number of carbonyl (C=O) groups is 1. The van der Waals surface area contributed by atoms with Gasteiger partial charge >= 0.3 is 0 Å². The van der Waals surface area contributed by atoms with E-state index in [2.05, 4.69) is 32.3 Å². The van der Waals surface area contributed by atoms with Crippen molar-refractivity contribution in [3.63, 3.8) is 0 Å². The zero-order valence-corrected chi connectivity index (χ0v) is 21.2. The quantitative estimate of drug-likeness (QED) is 0.476. The average molecular weight is 512 g/mol. The van der Waals surface area contributed by atoms with E-state index in [-0.39, 0.29) is 29.9 Å². The molecule has 5 rings (SSSR count). The fourth-order valence-corrected chi connectivity index (χ4v) is 4.55. The number of hydrogen-bond acceptors (Lipinski definition) is 8. The predicted octanol–water partition coefficient (Wildman–Crippen LogP) is 2.79. The summed E-state index contributed by atoms with van der Waals surface area (Å²) in [4.78, 5) is 38.4. The highest BCUT2D eigenvalue weighted by Gasteiger charge is 2.28. The van der Waals surface area contributed by atoms with Crippen LogP contribution < -0.4 is 25.8 Å². The first kappa shape index (κ1) is 24.3. The van der Waals surface area contributed by atoms with Gasteiger partial charge in [0.15, 0.2) is 18.2 Å². The van der Waals surface area contributed by atoms with E-state index < -0.39 is 0 Å². The highest BCUT2D eigenvalue weighted by atomic mass is 35.5. The highest BCUT2D eigenvalue weighted by Crippen LogP contribution is 2.37. The Hall–Kier alpha value is -3.37. The summed E-state index contributed by atoms with van der Waals surface area (Å²) in [6.07, 6.45) is 3.51. The fraction of sp³-hybridized carbons (Fsp3) is 0.440. The van der Waals surface area contributed by atoms with Crippen LogP contribution >= 0.6 is 11.6 Å². The van der Waals surface area contributed by atoms with Gasteiger partial charge in [-0.25, -0.2) is 4.98 Å². The summed E-state index contributed by atoms with van der Waals surface area (Å²) in [6, 6.07) is 7.59. The van der Waals surface area contributed by atoms with E-state index >= 15 is 0 Å². The highest BCUT2D eigenvalue weighted by molar-refractivity contribution is 6.32. The number of nitrogens with one attached hydrogen (secondary N) is 2. The molecular formula is C25H30ClN7O3. The molecule has 10 nitrogen and oxygen atoms in total. The van der Waals surface area contributed by atoms with Crippen molar-refractivity contribution < 1.29 is 9.53 Å². The minimum absolute atomic E-state index is 0.148. The summed E-state index contributed by atoms with van der Waals surface area (Å²) in [6.45, 7) is 6.67. The monoisotopic (exact) mass is 511 g/mol. The smallest absolute Gasteiger partial charge is 0.293 e. The van der Waals surface area contributed by atoms with Crippen molar-refractivity contribution >= 4 is 45.9 Å². The lowest BCUT2D eigenvalue weighted by atomic mass is 10.1. The number of aromatic nitrogens is 3. The molecule has 1 saturated carbocycles. The van der Waals surface area contributed by atoms with Crippen LogP contribution in [0, 0.1) is 0 Å². The molecule has 3 aromatic rings. The van der Waals surface area contributed by atoms with Crippen LogP contribution in [0.2, 0.25) is 5.02 Å². The number of carbonyl (C=O) groups excluding carboxylic acids is 1. The summed E-state index contributed by atoms with van der Waals surface area (Å²) in [5.41, 5.74) is 1.37. The van der Waals surface area contributed by atoms with Crippen molar-refractivity contribution in [1.82, 2.24) is 24.8 Å². The molecule has 0 bridgehead atoms. The zero-order chi connectivity index (χ0) is 25.2. The molecule has 36 heavy (non-hydrogen) atoms. The number of benzene rings is 1. The van der Waals surface area contributed by atoms with Gasteiger partial charge in [0.1, 0.15) is 5.02 Å². The third-order valence-corrected chi connectivity index (χ3v) is 6.93. The minimum atomic E-state index is -0.298. The SMILES string of the molecule is CCN1CCN(c2ncc(Cl)c(Nc3ccc4c(c3)cc(OCC(=O)NC)c(=O)n4C3CC3)n2)CC1. The van der Waals surface area contributed by atoms with Crippen LogP contribution in [0.1, 0.15) is 25.8 Å². The van der Waals surface area contributed by atoms with Crippen LogP contribution in [0.3, 0.4) is 0 Å². The van der Waals surface area contributed by atoms with Gasteiger partial charge in [-0.2, -0.15) is 4.98 Å². The molecule has 0 radical (unpaired) electrons. The van der Waals surface area contributed by atoms with E-state index in [1.807, 2.05) is 18.2 Å². The predicted molar refractivity (Wildman–Crippen MR) is 141 cm³/mol. The third-order valence-electron chi connectivity index (χ3n) is 6.65. The Balaban J connectivity index is 1.43. The first-order valence-corrected chi connectivity index (χ1v) is 12.6. The molecular weight excluding hydrogens is 482 g/mol. The molecule has 1 saturated heterocycles. The number of piperazine rings is 1. The summed E-state index contributed by atoms with van der Waals surface area (Å²) in [7, 11) is 1.53. The molecule has 3 heterocycles. The van der Waals surface area contributed by atoms with Gasteiger partial charge in [0.05, 0.1) is 11.7 Å². The number of ether oxygens (including phenoxy) is 1. The van der Waals surface area contributed by atoms with Gasteiger partial charge in [0.2, 0.25) is 5.95 Å². The molecule has 2 fully saturated rings. The molecule has 1 aliphatic heterocycles. The second-order valence-corrected chi connectivity index (χ2v) is 9.47. The Kier molecular flexibility index (Phi) is 6.97. The maximum Gasteiger partial charge on any atom is 0.293 e. The standard InChI is InChI=1S/C25H30ClN7O3/c1-3-31-8-10-32(11-9-31)25-28-14-19(26)23(30-25)29-17-4-7-20-16(12-17)13-21(36-15-22(34)27-2)24(35)33(20)18-5-6-18/h4,7,12-14,18H,3,5-6,8-11,15H2,1-2H3,(H,27,34)(H,28,29,30). The number of pyridine rings is 1. The topological polar surface area (TPSA) is 105 Å². The van der Waals surface area contributed by atoms with E-state index in [9.17, 15) is 9.59 Å². The number of fused-ring (bicyclic) bond motifs is 1. The van der Waals surface area contributed by atoms with Crippen molar-refractivity contribution in [3.8, 4) is 5.75 Å². The minimum Gasteiger partial charge on any atom is -0.478 e. The Morgan fingerprint density at radius 1 is 1.19 bits per heavy atom. The first-order valence-electron chi connectivity index (χ1n) is 12.3. The Labute approximate surface area is 214 Å². The van der Waals surface area contributed by atoms with Crippen LogP contribution in [0.5, 0.6) is 5.75 Å². The number of amides is 1. The molecule has 0 unspecified atom stereocenters. The Bertz CT molecular complexity index is 1330. The van der Waals surface area contributed by atoms with Crippen molar-refractivity contribution in [2.75, 3.05) is 56.6 Å². The molecule has 11 heteroatoms. The number of nitrogens with zero attached hydrogens (tertiary/aromatic N) is 5. The van der Waals surface area contributed by atoms with Gasteiger partial charge in [0.25, 0.3) is 11.5 Å². The molecule has 0 atom stereocenters. The van der Waals surface area contributed by atoms with E-state index in [1.165, 1.54) is 7.05 Å². The first-order chi connectivity index (χ1) is 17.5. The summed E-state index contributed by atoms with van der Waals surface area (Å²) in [5.74, 6) is 1.02. The number of halogens is 1. The van der Waals surface area contributed by atoms with Gasteiger partial charge in [0, 0.05) is 50.3 Å². The largest absolute Gasteiger partial charge is 0.478 e. The van der Waals surface area contributed by atoms with Crippen molar-refractivity contribution in [2.45, 2.75) is 25.8 Å². The Morgan fingerprint density at radius 2 is 1.97 bits per heavy atom. The van der Waals surface area contributed by atoms with E-state index in [0.29, 0.717) is 16.8 Å². The summed E-state index contributed by atoms with van der Waals surface area (Å²) in [5, 5.41) is 7.05. The van der Waals surface area contributed by atoms with Crippen LogP contribution in [0.4, 0.5) is 17.5 Å². The molecule has 1 aromatic carbocycles. The molecule has 1 aliphatic carbocycles. The number of hydrogen-bond donors (Lipinski definition) is 2. The van der Waals surface area contributed by atoms with E-state index in [1.54, 1.807) is 16.8 Å². The van der Waals surface area contributed by atoms with Gasteiger partial charge in [-0.05, 0) is 43.7 Å². The van der Waals surface area contributed by atoms with Crippen molar-refractivity contribution in [3.05, 3.63) is 45.8 Å². The Morgan fingerprint density at radius 3 is 2.67 bits per heavy atom. The molecule has 2 aliphatic rings. The molecule has 190 valence electrons. The molecule has 2 aromatic heterocycles. The van der Waals surface area contributed by atoms with Gasteiger partial charge < -0.3 is 29.7 Å². The maximum absolute atomic E-state index is 13.1. The van der Waals surface area contributed by atoms with E-state index in [0.717, 1.165) is 62.2 Å². The normalized spacial score (nSPS) is 16.2. The van der Waals surface area contributed by atoms with Gasteiger partial charge in [-0.3, -0.25) is 9.59 Å². The number of likely N-dealkylation sites (N-methyl/N-ethyl adjacent to an activating group) is 2. The van der Waals surface area contributed by atoms with Crippen LogP contribution in [0.15, 0.2) is 35.3 Å². The van der Waals surface area contributed by atoms with Crippen molar-refractivity contribution in [2.24, 2.45) is 0 Å². The third kappa shape index (κ3) is 5.10. The molecule has 0 spiro atoms. The van der Waals surface area contributed by atoms with Crippen molar-refractivity contribution in [1.29, 1.82) is 0 Å². The number of rotatable bonds is 8.